The third-order valence-corrected chi connectivity index (χ3v) is 4.97. The lowest BCUT2D eigenvalue weighted by Crippen LogP contribution is -2.34. The molecular weight excluding hydrogens is 316 g/mol. The van der Waals surface area contributed by atoms with Crippen molar-refractivity contribution in [1.82, 2.24) is 4.90 Å². The van der Waals surface area contributed by atoms with Gasteiger partial charge in [-0.2, -0.15) is 0 Å². The Bertz CT molecular complexity index is 622. The van der Waals surface area contributed by atoms with Crippen molar-refractivity contribution in [1.29, 1.82) is 0 Å². The molecule has 2 aliphatic rings. The van der Waals surface area contributed by atoms with E-state index in [0.29, 0.717) is 10.7 Å². The number of para-hydroxylation sites is 1. The van der Waals surface area contributed by atoms with E-state index < -0.39 is 0 Å². The number of halogens is 1. The second-order valence-corrected chi connectivity index (χ2v) is 6.51. The molecule has 2 atom stereocenters. The first kappa shape index (κ1) is 16.0. The number of likely N-dealkylation sites (tertiary alicyclic amines) is 1. The first-order valence-corrected chi connectivity index (χ1v) is 8.35. The van der Waals surface area contributed by atoms with Gasteiger partial charge in [0.2, 0.25) is 17.7 Å². The lowest BCUT2D eigenvalue weighted by Gasteiger charge is -2.19. The SMILES string of the molecule is O=C(CCN1C(=O)[C@H]2CCCC[C@@H]2C1=O)Nc1ccccc1Cl. The number of imide groups is 1. The van der Waals surface area contributed by atoms with Crippen LogP contribution in [-0.2, 0) is 14.4 Å². The van der Waals surface area contributed by atoms with E-state index in [1.165, 1.54) is 4.90 Å². The Morgan fingerprint density at radius 1 is 1.13 bits per heavy atom. The van der Waals surface area contributed by atoms with Crippen LogP contribution in [0.1, 0.15) is 32.1 Å². The first-order chi connectivity index (χ1) is 11.1. The highest BCUT2D eigenvalue weighted by Crippen LogP contribution is 2.38. The van der Waals surface area contributed by atoms with Gasteiger partial charge in [-0.25, -0.2) is 0 Å². The van der Waals surface area contributed by atoms with Crippen LogP contribution in [0.25, 0.3) is 0 Å². The summed E-state index contributed by atoms with van der Waals surface area (Å²) >= 11 is 5.99. The lowest BCUT2D eigenvalue weighted by molar-refractivity contribution is -0.140. The van der Waals surface area contributed by atoms with Gasteiger partial charge in [0.15, 0.2) is 0 Å². The summed E-state index contributed by atoms with van der Waals surface area (Å²) in [6, 6.07) is 6.96. The van der Waals surface area contributed by atoms with Gasteiger partial charge < -0.3 is 5.32 Å². The molecule has 3 amide bonds. The van der Waals surface area contributed by atoms with E-state index in [0.717, 1.165) is 25.7 Å². The third kappa shape index (κ3) is 3.24. The summed E-state index contributed by atoms with van der Waals surface area (Å²) in [7, 11) is 0. The van der Waals surface area contributed by atoms with Gasteiger partial charge in [0.05, 0.1) is 22.5 Å². The third-order valence-electron chi connectivity index (χ3n) is 4.64. The zero-order chi connectivity index (χ0) is 16.4. The fourth-order valence-electron chi connectivity index (χ4n) is 3.44. The molecule has 1 N–H and O–H groups in total. The predicted molar refractivity (Wildman–Crippen MR) is 86.9 cm³/mol. The van der Waals surface area contributed by atoms with Crippen LogP contribution in [0.3, 0.4) is 0 Å². The fraction of sp³-hybridized carbons (Fsp3) is 0.471. The molecule has 6 heteroatoms. The van der Waals surface area contributed by atoms with E-state index in [9.17, 15) is 14.4 Å². The number of hydrogen-bond donors (Lipinski definition) is 1. The number of carbonyl (C=O) groups excluding carboxylic acids is 3. The van der Waals surface area contributed by atoms with Gasteiger partial charge in [0.25, 0.3) is 0 Å². The molecule has 0 bridgehead atoms. The maximum Gasteiger partial charge on any atom is 0.233 e. The molecule has 0 unspecified atom stereocenters. The summed E-state index contributed by atoms with van der Waals surface area (Å²) in [6.45, 7) is 0.140. The maximum absolute atomic E-state index is 12.3. The molecule has 1 aromatic rings. The number of anilines is 1. The highest BCUT2D eigenvalue weighted by Gasteiger charge is 2.47. The highest BCUT2D eigenvalue weighted by molar-refractivity contribution is 6.33. The smallest absolute Gasteiger partial charge is 0.233 e. The number of hydrogen-bond acceptors (Lipinski definition) is 3. The molecule has 1 saturated heterocycles. The van der Waals surface area contributed by atoms with Crippen molar-refractivity contribution in [3.05, 3.63) is 29.3 Å². The normalized spacial score (nSPS) is 23.8. The molecule has 1 aliphatic heterocycles. The van der Waals surface area contributed by atoms with Crippen molar-refractivity contribution in [3.63, 3.8) is 0 Å². The Morgan fingerprint density at radius 2 is 1.74 bits per heavy atom. The van der Waals surface area contributed by atoms with Gasteiger partial charge in [-0.05, 0) is 25.0 Å². The van der Waals surface area contributed by atoms with Gasteiger partial charge in [0, 0.05) is 13.0 Å². The van der Waals surface area contributed by atoms with E-state index in [-0.39, 0.29) is 42.5 Å². The van der Waals surface area contributed by atoms with Gasteiger partial charge in [0.1, 0.15) is 0 Å². The molecule has 0 aromatic heterocycles. The molecule has 122 valence electrons. The molecule has 0 radical (unpaired) electrons. The summed E-state index contributed by atoms with van der Waals surface area (Å²) in [6.07, 6.45) is 3.67. The summed E-state index contributed by atoms with van der Waals surface area (Å²) in [5.41, 5.74) is 0.534. The Hall–Kier alpha value is -1.88. The number of nitrogens with zero attached hydrogens (tertiary/aromatic N) is 1. The standard InChI is InChI=1S/C17H19ClN2O3/c18-13-7-3-4-8-14(13)19-15(21)9-10-20-16(22)11-5-1-2-6-12(11)17(20)23/h3-4,7-8,11-12H,1-2,5-6,9-10H2,(H,19,21)/t11-,12-/m0/s1. The number of fused-ring (bicyclic) bond motifs is 1. The highest BCUT2D eigenvalue weighted by atomic mass is 35.5. The molecule has 1 saturated carbocycles. The topological polar surface area (TPSA) is 66.5 Å². The minimum atomic E-state index is -0.256. The summed E-state index contributed by atoms with van der Waals surface area (Å²) in [5.74, 6) is -0.796. The predicted octanol–water partition coefficient (Wildman–Crippen LogP) is 2.84. The van der Waals surface area contributed by atoms with Crippen molar-refractivity contribution in [2.45, 2.75) is 32.1 Å². The van der Waals surface area contributed by atoms with Crippen molar-refractivity contribution >= 4 is 35.0 Å². The first-order valence-electron chi connectivity index (χ1n) is 7.97. The molecular formula is C17H19ClN2O3. The zero-order valence-electron chi connectivity index (χ0n) is 12.8. The molecule has 1 heterocycles. The summed E-state index contributed by atoms with van der Waals surface area (Å²) in [4.78, 5) is 38.0. The summed E-state index contributed by atoms with van der Waals surface area (Å²) < 4.78 is 0. The molecule has 1 aromatic carbocycles. The van der Waals surface area contributed by atoms with Crippen LogP contribution in [0, 0.1) is 11.8 Å². The lowest BCUT2D eigenvalue weighted by atomic mass is 9.81. The Balaban J connectivity index is 1.58. The van der Waals surface area contributed by atoms with Crippen LogP contribution in [0.2, 0.25) is 5.02 Å². The van der Waals surface area contributed by atoms with Crippen LogP contribution in [-0.4, -0.2) is 29.2 Å². The second kappa shape index (κ2) is 6.71. The molecule has 2 fully saturated rings. The molecule has 0 spiro atoms. The van der Waals surface area contributed by atoms with E-state index in [1.54, 1.807) is 24.3 Å². The van der Waals surface area contributed by atoms with Crippen LogP contribution < -0.4 is 5.32 Å². The van der Waals surface area contributed by atoms with Gasteiger partial charge in [-0.15, -0.1) is 0 Å². The number of benzene rings is 1. The van der Waals surface area contributed by atoms with E-state index in [4.69, 9.17) is 11.6 Å². The van der Waals surface area contributed by atoms with Gasteiger partial charge in [-0.3, -0.25) is 19.3 Å². The molecule has 23 heavy (non-hydrogen) atoms. The number of rotatable bonds is 4. The van der Waals surface area contributed by atoms with Gasteiger partial charge >= 0.3 is 0 Å². The quantitative estimate of drug-likeness (QED) is 0.861. The van der Waals surface area contributed by atoms with Crippen molar-refractivity contribution < 1.29 is 14.4 Å². The average Bonchev–Trinajstić information content (AvgIpc) is 2.80. The van der Waals surface area contributed by atoms with E-state index in [2.05, 4.69) is 5.32 Å². The fourth-order valence-corrected chi connectivity index (χ4v) is 3.62. The Labute approximate surface area is 140 Å². The minimum absolute atomic E-state index is 0.0855. The number of nitrogens with one attached hydrogen (secondary N) is 1. The maximum atomic E-state index is 12.3. The van der Waals surface area contributed by atoms with E-state index >= 15 is 0 Å². The van der Waals surface area contributed by atoms with Crippen molar-refractivity contribution in [2.24, 2.45) is 11.8 Å². The Morgan fingerprint density at radius 3 is 2.35 bits per heavy atom. The number of carbonyl (C=O) groups is 3. The molecule has 3 rings (SSSR count). The second-order valence-electron chi connectivity index (χ2n) is 6.10. The van der Waals surface area contributed by atoms with Crippen LogP contribution in [0.5, 0.6) is 0 Å². The zero-order valence-corrected chi connectivity index (χ0v) is 13.5. The van der Waals surface area contributed by atoms with Crippen molar-refractivity contribution in [2.75, 3.05) is 11.9 Å². The van der Waals surface area contributed by atoms with Crippen LogP contribution >= 0.6 is 11.6 Å². The largest absolute Gasteiger partial charge is 0.325 e. The van der Waals surface area contributed by atoms with Crippen LogP contribution in [0.15, 0.2) is 24.3 Å². The molecule has 5 nitrogen and oxygen atoms in total. The Kier molecular flexibility index (Phi) is 4.66. The summed E-state index contributed by atoms with van der Waals surface area (Å²) in [5, 5.41) is 3.16. The molecule has 1 aliphatic carbocycles. The van der Waals surface area contributed by atoms with Crippen LogP contribution in [0.4, 0.5) is 5.69 Å². The monoisotopic (exact) mass is 334 g/mol. The number of amides is 3. The minimum Gasteiger partial charge on any atom is -0.325 e. The van der Waals surface area contributed by atoms with Gasteiger partial charge in [-0.1, -0.05) is 36.6 Å². The van der Waals surface area contributed by atoms with E-state index in [1.807, 2.05) is 0 Å². The van der Waals surface area contributed by atoms with Crippen molar-refractivity contribution in [3.8, 4) is 0 Å². The average molecular weight is 335 g/mol.